The Kier molecular flexibility index (Phi) is 11.2. The van der Waals surface area contributed by atoms with E-state index in [4.69, 9.17) is 19.1 Å². The summed E-state index contributed by atoms with van der Waals surface area (Å²) in [5, 5.41) is 5.10. The van der Waals surface area contributed by atoms with E-state index >= 15 is 0 Å². The number of nitrogens with zero attached hydrogens (tertiary/aromatic N) is 3. The van der Waals surface area contributed by atoms with Crippen molar-refractivity contribution in [3.63, 3.8) is 0 Å². The van der Waals surface area contributed by atoms with E-state index in [9.17, 15) is 4.79 Å². The first-order chi connectivity index (χ1) is 19.6. The number of piperazine rings is 1. The van der Waals surface area contributed by atoms with Crippen molar-refractivity contribution in [2.75, 3.05) is 77.5 Å². The number of carbonyl (C=O) groups excluding carboxylic acids is 3. The first-order valence-electron chi connectivity index (χ1n) is 13.9. The molecule has 212 valence electrons. The van der Waals surface area contributed by atoms with Crippen LogP contribution in [0.4, 0.5) is 5.69 Å². The number of nitrogens with one attached hydrogen (secondary N) is 1. The summed E-state index contributed by atoms with van der Waals surface area (Å²) in [6, 6.07) is 19.9. The smallest absolute Gasteiger partial charge is 0.373 e. The highest BCUT2D eigenvalue weighted by molar-refractivity contribution is 6.10. The zero-order valence-electron chi connectivity index (χ0n) is 23.1. The number of carbonyl (C=O) groups is 1. The third-order valence-electron chi connectivity index (χ3n) is 7.44. The molecule has 0 atom stereocenters. The van der Waals surface area contributed by atoms with Crippen LogP contribution in [-0.2, 0) is 20.9 Å². The van der Waals surface area contributed by atoms with Gasteiger partial charge < -0.3 is 19.7 Å². The lowest BCUT2D eigenvalue weighted by atomic mass is 10.1. The van der Waals surface area contributed by atoms with E-state index in [1.807, 2.05) is 54.6 Å². The molecule has 9 heteroatoms. The summed E-state index contributed by atoms with van der Waals surface area (Å²) in [4.78, 5) is 36.6. The molecule has 2 saturated heterocycles. The lowest BCUT2D eigenvalue weighted by Crippen LogP contribution is -2.47. The fourth-order valence-electron chi connectivity index (χ4n) is 5.09. The van der Waals surface area contributed by atoms with E-state index in [1.165, 1.54) is 5.56 Å². The molecule has 2 aliphatic heterocycles. The quantitative estimate of drug-likeness (QED) is 0.437. The second kappa shape index (κ2) is 15.3. The van der Waals surface area contributed by atoms with Crippen molar-refractivity contribution in [3.8, 4) is 5.75 Å². The van der Waals surface area contributed by atoms with Gasteiger partial charge in [-0.1, -0.05) is 43.3 Å². The molecule has 0 radical (unpaired) electrons. The van der Waals surface area contributed by atoms with Crippen LogP contribution < -0.4 is 10.1 Å². The fourth-order valence-corrected chi connectivity index (χ4v) is 5.09. The molecule has 0 aliphatic carbocycles. The SMILES string of the molecule is CCN1CCN(CCOc2ccc(NC(=O)c3ccc(CN4CCOCC4)cc3)c3ccccc23)CC1.O=C=O. The van der Waals surface area contributed by atoms with E-state index in [0.717, 1.165) is 94.3 Å². The molecule has 0 unspecified atom stereocenters. The number of amides is 1. The molecule has 3 aromatic carbocycles. The van der Waals surface area contributed by atoms with Gasteiger partial charge in [0.25, 0.3) is 5.91 Å². The highest BCUT2D eigenvalue weighted by Gasteiger charge is 2.16. The average Bonchev–Trinajstić information content (AvgIpc) is 3.00. The summed E-state index contributed by atoms with van der Waals surface area (Å²) in [6.07, 6.45) is 0.250. The second-order valence-electron chi connectivity index (χ2n) is 9.90. The molecule has 2 fully saturated rings. The van der Waals surface area contributed by atoms with Crippen LogP contribution in [0.25, 0.3) is 10.8 Å². The standard InChI is InChI=1S/C30H38N4O3.CO2/c1-2-32-13-15-33(16-14-32)19-22-37-29-12-11-28(26-5-3-4-6-27(26)29)31-30(35)25-9-7-24(8-10-25)23-34-17-20-36-21-18-34;2-1-3/h3-12H,2,13-23H2,1H3,(H,31,35);. The molecule has 0 aromatic heterocycles. The number of hydrogen-bond acceptors (Lipinski definition) is 8. The van der Waals surface area contributed by atoms with Crippen LogP contribution in [0.2, 0.25) is 0 Å². The van der Waals surface area contributed by atoms with Gasteiger partial charge in [0.15, 0.2) is 0 Å². The predicted molar refractivity (Wildman–Crippen MR) is 153 cm³/mol. The van der Waals surface area contributed by atoms with E-state index in [2.05, 4.69) is 33.0 Å². The van der Waals surface area contributed by atoms with Crippen molar-refractivity contribution in [1.29, 1.82) is 0 Å². The number of anilines is 1. The number of rotatable bonds is 9. The third kappa shape index (κ3) is 8.21. The van der Waals surface area contributed by atoms with Crippen molar-refractivity contribution < 1.29 is 23.9 Å². The Morgan fingerprint density at radius 1 is 0.850 bits per heavy atom. The second-order valence-corrected chi connectivity index (χ2v) is 9.90. The molecule has 1 amide bonds. The predicted octanol–water partition coefficient (Wildman–Crippen LogP) is 3.36. The maximum absolute atomic E-state index is 13.1. The Hall–Kier alpha value is -3.59. The summed E-state index contributed by atoms with van der Waals surface area (Å²) in [5.41, 5.74) is 2.65. The van der Waals surface area contributed by atoms with Crippen LogP contribution in [0, 0.1) is 0 Å². The summed E-state index contributed by atoms with van der Waals surface area (Å²) in [6.45, 7) is 13.7. The molecule has 0 bridgehead atoms. The van der Waals surface area contributed by atoms with E-state index < -0.39 is 0 Å². The van der Waals surface area contributed by atoms with Crippen LogP contribution in [0.3, 0.4) is 0 Å². The van der Waals surface area contributed by atoms with Gasteiger partial charge in [-0.3, -0.25) is 14.6 Å². The van der Waals surface area contributed by atoms with Crippen molar-refractivity contribution in [2.24, 2.45) is 0 Å². The van der Waals surface area contributed by atoms with Crippen LogP contribution in [0.15, 0.2) is 60.7 Å². The molecular weight excluding hydrogens is 508 g/mol. The number of morpholine rings is 1. The number of likely N-dealkylation sites (N-methyl/N-ethyl adjacent to an activating group) is 1. The molecule has 2 heterocycles. The summed E-state index contributed by atoms with van der Waals surface area (Å²) < 4.78 is 11.6. The lowest BCUT2D eigenvalue weighted by Gasteiger charge is -2.33. The van der Waals surface area contributed by atoms with Crippen LogP contribution >= 0.6 is 0 Å². The maximum atomic E-state index is 13.1. The number of benzene rings is 3. The topological polar surface area (TPSA) is 91.4 Å². The molecule has 3 aromatic rings. The van der Waals surface area contributed by atoms with E-state index in [0.29, 0.717) is 12.2 Å². The van der Waals surface area contributed by atoms with Gasteiger partial charge in [0.1, 0.15) is 12.4 Å². The highest BCUT2D eigenvalue weighted by atomic mass is 16.5. The highest BCUT2D eigenvalue weighted by Crippen LogP contribution is 2.32. The number of hydrogen-bond donors (Lipinski definition) is 1. The number of fused-ring (bicyclic) bond motifs is 1. The summed E-state index contributed by atoms with van der Waals surface area (Å²) >= 11 is 0. The minimum Gasteiger partial charge on any atom is -0.492 e. The van der Waals surface area contributed by atoms with Gasteiger partial charge in [-0.2, -0.15) is 9.59 Å². The lowest BCUT2D eigenvalue weighted by molar-refractivity contribution is -0.191. The van der Waals surface area contributed by atoms with Crippen LogP contribution in [-0.4, -0.2) is 98.9 Å². The molecule has 0 spiro atoms. The van der Waals surface area contributed by atoms with Crippen molar-refractivity contribution >= 4 is 28.5 Å². The third-order valence-corrected chi connectivity index (χ3v) is 7.44. The normalized spacial score (nSPS) is 16.5. The van der Waals surface area contributed by atoms with Crippen molar-refractivity contribution in [3.05, 3.63) is 71.8 Å². The zero-order valence-corrected chi connectivity index (χ0v) is 23.1. The maximum Gasteiger partial charge on any atom is 0.373 e. The Balaban J connectivity index is 0.00000118. The van der Waals surface area contributed by atoms with E-state index in [-0.39, 0.29) is 12.1 Å². The largest absolute Gasteiger partial charge is 0.492 e. The van der Waals surface area contributed by atoms with Gasteiger partial charge in [-0.25, -0.2) is 0 Å². The minimum absolute atomic E-state index is 0.108. The zero-order chi connectivity index (χ0) is 28.2. The first-order valence-corrected chi connectivity index (χ1v) is 13.9. The molecular formula is C31H38N4O5. The monoisotopic (exact) mass is 546 g/mol. The van der Waals surface area contributed by atoms with Crippen LogP contribution in [0.1, 0.15) is 22.8 Å². The van der Waals surface area contributed by atoms with Gasteiger partial charge in [-0.05, 0) is 36.4 Å². The fraction of sp³-hybridized carbons (Fsp3) is 0.419. The summed E-state index contributed by atoms with van der Waals surface area (Å²) in [5.74, 6) is 0.747. The Morgan fingerprint density at radius 3 is 2.17 bits per heavy atom. The summed E-state index contributed by atoms with van der Waals surface area (Å²) in [7, 11) is 0. The van der Waals surface area contributed by atoms with Crippen molar-refractivity contribution in [2.45, 2.75) is 13.5 Å². The molecule has 40 heavy (non-hydrogen) atoms. The van der Waals surface area contributed by atoms with Crippen molar-refractivity contribution in [1.82, 2.24) is 14.7 Å². The van der Waals surface area contributed by atoms with Gasteiger partial charge in [0, 0.05) is 74.4 Å². The van der Waals surface area contributed by atoms with Gasteiger partial charge in [-0.15, -0.1) is 0 Å². The van der Waals surface area contributed by atoms with Gasteiger partial charge in [0.05, 0.1) is 13.2 Å². The average molecular weight is 547 g/mol. The molecule has 0 saturated carbocycles. The minimum atomic E-state index is -0.108. The van der Waals surface area contributed by atoms with Gasteiger partial charge >= 0.3 is 6.15 Å². The Morgan fingerprint density at radius 2 is 1.50 bits per heavy atom. The first kappa shape index (κ1) is 29.4. The Bertz CT molecular complexity index is 1260. The molecule has 9 nitrogen and oxygen atoms in total. The molecule has 5 rings (SSSR count). The van der Waals surface area contributed by atoms with Gasteiger partial charge in [0.2, 0.25) is 0 Å². The Labute approximate surface area is 235 Å². The molecule has 2 aliphatic rings. The number of ether oxygens (including phenoxy) is 2. The molecule has 1 N–H and O–H groups in total. The van der Waals surface area contributed by atoms with E-state index in [1.54, 1.807) is 0 Å². The van der Waals surface area contributed by atoms with Crippen LogP contribution in [0.5, 0.6) is 5.75 Å².